The summed E-state index contributed by atoms with van der Waals surface area (Å²) in [4.78, 5) is 23.2. The molecule has 0 bridgehead atoms. The molecule has 1 aromatic carbocycles. The van der Waals surface area contributed by atoms with Crippen molar-refractivity contribution in [2.75, 3.05) is 4.90 Å². The molecule has 1 heterocycles. The minimum absolute atomic E-state index is 0.317. The molecule has 1 aromatic rings. The summed E-state index contributed by atoms with van der Waals surface area (Å²) in [6, 6.07) is 2.06. The highest BCUT2D eigenvalue weighted by Crippen LogP contribution is 2.35. The molecule has 0 spiro atoms. The molecule has 0 unspecified atom stereocenters. The molecule has 1 aliphatic rings. The van der Waals surface area contributed by atoms with E-state index < -0.39 is 29.3 Å². The van der Waals surface area contributed by atoms with Crippen LogP contribution in [0.5, 0.6) is 5.75 Å². The van der Waals surface area contributed by atoms with Crippen LogP contribution in [0.25, 0.3) is 0 Å². The Labute approximate surface area is 98.9 Å². The number of benzene rings is 1. The van der Waals surface area contributed by atoms with E-state index in [1.54, 1.807) is 0 Å². The average Bonchev–Trinajstić information content (AvgIpc) is 2.56. The Morgan fingerprint density at radius 1 is 1.00 bits per heavy atom. The van der Waals surface area contributed by atoms with Gasteiger partial charge in [0.1, 0.15) is 5.75 Å². The zero-order chi connectivity index (χ0) is 13.5. The molecule has 0 aromatic heterocycles. The van der Waals surface area contributed by atoms with Crippen LogP contribution in [0.15, 0.2) is 30.4 Å². The van der Waals surface area contributed by atoms with Crippen LogP contribution in [0, 0.1) is 0 Å². The van der Waals surface area contributed by atoms with Crippen LogP contribution in [0.3, 0.4) is 0 Å². The summed E-state index contributed by atoms with van der Waals surface area (Å²) in [6.45, 7) is 0. The zero-order valence-corrected chi connectivity index (χ0v) is 8.73. The van der Waals surface area contributed by atoms with E-state index in [1.807, 2.05) is 0 Å². The number of phenols is 1. The third kappa shape index (κ3) is 2.06. The number of halogens is 3. The van der Waals surface area contributed by atoms with Crippen LogP contribution in [-0.4, -0.2) is 16.9 Å². The number of aromatic hydroxyl groups is 1. The molecule has 2 amide bonds. The summed E-state index contributed by atoms with van der Waals surface area (Å²) >= 11 is 0. The maximum Gasteiger partial charge on any atom is 0.416 e. The molecule has 0 aliphatic carbocycles. The second kappa shape index (κ2) is 3.86. The van der Waals surface area contributed by atoms with E-state index in [1.165, 1.54) is 0 Å². The van der Waals surface area contributed by atoms with E-state index in [0.29, 0.717) is 17.0 Å². The van der Waals surface area contributed by atoms with Crippen LogP contribution in [0.4, 0.5) is 18.9 Å². The van der Waals surface area contributed by atoms with Gasteiger partial charge in [-0.2, -0.15) is 13.2 Å². The molecule has 0 atom stereocenters. The first-order valence-corrected chi connectivity index (χ1v) is 4.76. The Morgan fingerprint density at radius 3 is 2.06 bits per heavy atom. The standard InChI is InChI=1S/C11H6F3NO3/c12-11(13,14)6-3-7(5-8(16)4-6)15-9(17)1-2-10(15)18/h1-5,16H. The fourth-order valence-electron chi connectivity index (χ4n) is 1.54. The van der Waals surface area contributed by atoms with Gasteiger partial charge in [-0.05, 0) is 12.1 Å². The number of alkyl halides is 3. The zero-order valence-electron chi connectivity index (χ0n) is 8.73. The second-order valence-corrected chi connectivity index (χ2v) is 3.58. The first kappa shape index (κ1) is 12.2. The van der Waals surface area contributed by atoms with Crippen LogP contribution >= 0.6 is 0 Å². The van der Waals surface area contributed by atoms with E-state index in [-0.39, 0.29) is 5.69 Å². The molecule has 0 radical (unpaired) electrons. The van der Waals surface area contributed by atoms with Crippen molar-refractivity contribution in [3.05, 3.63) is 35.9 Å². The molecular formula is C11H6F3NO3. The topological polar surface area (TPSA) is 57.6 Å². The average molecular weight is 257 g/mol. The van der Waals surface area contributed by atoms with Gasteiger partial charge in [-0.25, -0.2) is 4.90 Å². The molecule has 0 fully saturated rings. The lowest BCUT2D eigenvalue weighted by Crippen LogP contribution is -2.29. The molecule has 0 saturated carbocycles. The molecule has 0 saturated heterocycles. The molecule has 2 rings (SSSR count). The number of anilines is 1. The van der Waals surface area contributed by atoms with Gasteiger partial charge < -0.3 is 5.11 Å². The van der Waals surface area contributed by atoms with Gasteiger partial charge >= 0.3 is 6.18 Å². The highest BCUT2D eigenvalue weighted by Gasteiger charge is 2.33. The largest absolute Gasteiger partial charge is 0.508 e. The number of rotatable bonds is 1. The third-order valence-electron chi connectivity index (χ3n) is 2.30. The fourth-order valence-corrected chi connectivity index (χ4v) is 1.54. The predicted molar refractivity (Wildman–Crippen MR) is 54.7 cm³/mol. The van der Waals surface area contributed by atoms with Crippen LogP contribution in [0.2, 0.25) is 0 Å². The van der Waals surface area contributed by atoms with Gasteiger partial charge in [0, 0.05) is 18.2 Å². The summed E-state index contributed by atoms with van der Waals surface area (Å²) in [7, 11) is 0. The normalized spacial score (nSPS) is 15.6. The van der Waals surface area contributed by atoms with Crippen LogP contribution in [0.1, 0.15) is 5.56 Å². The van der Waals surface area contributed by atoms with Crippen molar-refractivity contribution < 1.29 is 27.9 Å². The van der Waals surface area contributed by atoms with Crippen molar-refractivity contribution in [1.29, 1.82) is 0 Å². The van der Waals surface area contributed by atoms with Crippen LogP contribution in [-0.2, 0) is 15.8 Å². The van der Waals surface area contributed by atoms with Gasteiger partial charge in [0.25, 0.3) is 11.8 Å². The summed E-state index contributed by atoms with van der Waals surface area (Å²) < 4.78 is 37.5. The summed E-state index contributed by atoms with van der Waals surface area (Å²) in [5.74, 6) is -2.18. The summed E-state index contributed by atoms with van der Waals surface area (Å²) in [5.41, 5.74) is -1.45. The number of imide groups is 1. The number of carbonyl (C=O) groups excluding carboxylic acids is 2. The molecule has 7 heteroatoms. The smallest absolute Gasteiger partial charge is 0.416 e. The van der Waals surface area contributed by atoms with Crippen molar-refractivity contribution in [2.45, 2.75) is 6.18 Å². The molecule has 18 heavy (non-hydrogen) atoms. The lowest BCUT2D eigenvalue weighted by molar-refractivity contribution is -0.137. The number of nitrogens with zero attached hydrogens (tertiary/aromatic N) is 1. The highest BCUT2D eigenvalue weighted by atomic mass is 19.4. The number of phenolic OH excluding ortho intramolecular Hbond substituents is 1. The minimum atomic E-state index is -4.67. The fraction of sp³-hybridized carbons (Fsp3) is 0.0909. The van der Waals surface area contributed by atoms with Crippen molar-refractivity contribution in [2.24, 2.45) is 0 Å². The van der Waals surface area contributed by atoms with Crippen molar-refractivity contribution in [3.63, 3.8) is 0 Å². The SMILES string of the molecule is O=C1C=CC(=O)N1c1cc(O)cc(C(F)(F)F)c1. The maximum atomic E-state index is 12.5. The van der Waals surface area contributed by atoms with E-state index in [0.717, 1.165) is 18.2 Å². The lowest BCUT2D eigenvalue weighted by atomic mass is 10.1. The number of hydrogen-bond acceptors (Lipinski definition) is 3. The van der Waals surface area contributed by atoms with Gasteiger partial charge in [0.2, 0.25) is 0 Å². The number of carbonyl (C=O) groups is 2. The van der Waals surface area contributed by atoms with E-state index >= 15 is 0 Å². The van der Waals surface area contributed by atoms with Crippen molar-refractivity contribution in [1.82, 2.24) is 0 Å². The number of hydrogen-bond donors (Lipinski definition) is 1. The third-order valence-corrected chi connectivity index (χ3v) is 2.30. The first-order valence-electron chi connectivity index (χ1n) is 4.76. The van der Waals surface area contributed by atoms with E-state index in [9.17, 15) is 27.9 Å². The second-order valence-electron chi connectivity index (χ2n) is 3.58. The Hall–Kier alpha value is -2.31. The van der Waals surface area contributed by atoms with E-state index in [2.05, 4.69) is 0 Å². The Bertz CT molecular complexity index is 545. The van der Waals surface area contributed by atoms with Gasteiger partial charge in [-0.3, -0.25) is 9.59 Å². The van der Waals surface area contributed by atoms with Gasteiger partial charge in [0.05, 0.1) is 11.3 Å². The Morgan fingerprint density at radius 2 is 1.56 bits per heavy atom. The maximum absolute atomic E-state index is 12.5. The highest BCUT2D eigenvalue weighted by molar-refractivity contribution is 6.28. The Kier molecular flexibility index (Phi) is 2.61. The minimum Gasteiger partial charge on any atom is -0.508 e. The van der Waals surface area contributed by atoms with Crippen LogP contribution < -0.4 is 4.90 Å². The molecular weight excluding hydrogens is 251 g/mol. The Balaban J connectivity index is 2.50. The lowest BCUT2D eigenvalue weighted by Gasteiger charge is -2.16. The van der Waals surface area contributed by atoms with Gasteiger partial charge in [-0.15, -0.1) is 0 Å². The predicted octanol–water partition coefficient (Wildman–Crippen LogP) is 1.84. The quantitative estimate of drug-likeness (QED) is 0.781. The van der Waals surface area contributed by atoms with Gasteiger partial charge in [0.15, 0.2) is 0 Å². The van der Waals surface area contributed by atoms with E-state index in [4.69, 9.17) is 0 Å². The van der Waals surface area contributed by atoms with Crippen molar-refractivity contribution >= 4 is 17.5 Å². The first-order chi connectivity index (χ1) is 8.29. The molecule has 1 N–H and O–H groups in total. The summed E-state index contributed by atoms with van der Waals surface area (Å²) in [5, 5.41) is 9.22. The molecule has 94 valence electrons. The van der Waals surface area contributed by atoms with Gasteiger partial charge in [-0.1, -0.05) is 0 Å². The summed E-state index contributed by atoms with van der Waals surface area (Å²) in [6.07, 6.45) is -2.79. The number of amides is 2. The monoisotopic (exact) mass is 257 g/mol. The van der Waals surface area contributed by atoms with Crippen molar-refractivity contribution in [3.8, 4) is 5.75 Å². The molecule has 1 aliphatic heterocycles. The molecule has 4 nitrogen and oxygen atoms in total.